The number of carboxylic acids is 1. The average molecular weight is 429 g/mol. The van der Waals surface area contributed by atoms with Crippen molar-refractivity contribution in [2.45, 2.75) is 38.5 Å². The third-order valence-electron chi connectivity index (χ3n) is 6.08. The van der Waals surface area contributed by atoms with Crippen LogP contribution >= 0.6 is 11.6 Å². The Morgan fingerprint density at radius 2 is 1.97 bits per heavy atom. The summed E-state index contributed by atoms with van der Waals surface area (Å²) in [5.41, 5.74) is 2.88. The molecule has 1 N–H and O–H groups in total. The number of aryl methyl sites for hydroxylation is 1. The number of anilines is 1. The van der Waals surface area contributed by atoms with Crippen molar-refractivity contribution in [2.75, 3.05) is 18.0 Å². The average Bonchev–Trinajstić information content (AvgIpc) is 3.52. The molecule has 1 aliphatic heterocycles. The maximum absolute atomic E-state index is 15.4. The van der Waals surface area contributed by atoms with E-state index in [4.69, 9.17) is 11.6 Å². The molecule has 2 aromatic heterocycles. The van der Waals surface area contributed by atoms with Gasteiger partial charge in [-0.3, -0.25) is 4.79 Å². The van der Waals surface area contributed by atoms with E-state index in [1.165, 1.54) is 0 Å². The third kappa shape index (κ3) is 3.21. The van der Waals surface area contributed by atoms with Crippen LogP contribution in [0.1, 0.15) is 42.9 Å². The Balaban J connectivity index is 1.71. The zero-order valence-corrected chi connectivity index (χ0v) is 17.4. The number of aromatic nitrogens is 3. The lowest BCUT2D eigenvalue weighted by atomic mass is 9.97. The first kappa shape index (κ1) is 19.3. The molecule has 1 aliphatic carbocycles. The van der Waals surface area contributed by atoms with E-state index in [1.807, 2.05) is 6.92 Å². The molecule has 156 valence electrons. The first-order chi connectivity index (χ1) is 14.4. The Morgan fingerprint density at radius 1 is 1.23 bits per heavy atom. The van der Waals surface area contributed by atoms with Crippen molar-refractivity contribution in [1.29, 1.82) is 0 Å². The van der Waals surface area contributed by atoms with Crippen LogP contribution in [-0.2, 0) is 4.79 Å². The van der Waals surface area contributed by atoms with Crippen molar-refractivity contribution in [1.82, 2.24) is 14.6 Å². The highest BCUT2D eigenvalue weighted by atomic mass is 35.5. The summed E-state index contributed by atoms with van der Waals surface area (Å²) in [6.45, 7) is 3.02. The molecule has 0 amide bonds. The standard InChI is InChI=1S/C22H22ClFN4O2/c1-12-17(13-4-5-13)21(27-10-2-3-15(11-27)22(29)30)28-20(25-12)18(24)19(26-28)14-6-8-16(23)9-7-14/h6-9,13,15H,2-5,10-11H2,1H3,(H,29,30). The maximum atomic E-state index is 15.4. The first-order valence-corrected chi connectivity index (χ1v) is 10.6. The number of piperidine rings is 1. The van der Waals surface area contributed by atoms with E-state index in [0.717, 1.165) is 42.9 Å². The fourth-order valence-electron chi connectivity index (χ4n) is 4.45. The molecule has 1 atom stereocenters. The number of fused-ring (bicyclic) bond motifs is 1. The van der Waals surface area contributed by atoms with Gasteiger partial charge in [-0.25, -0.2) is 9.37 Å². The van der Waals surface area contributed by atoms with Crippen LogP contribution < -0.4 is 4.90 Å². The molecule has 1 aromatic carbocycles. The summed E-state index contributed by atoms with van der Waals surface area (Å²) < 4.78 is 17.0. The minimum absolute atomic E-state index is 0.175. The highest BCUT2D eigenvalue weighted by molar-refractivity contribution is 6.30. The lowest BCUT2D eigenvalue weighted by Crippen LogP contribution is -2.40. The zero-order valence-electron chi connectivity index (χ0n) is 16.6. The number of nitrogens with zero attached hydrogens (tertiary/aromatic N) is 4. The van der Waals surface area contributed by atoms with Gasteiger partial charge < -0.3 is 10.0 Å². The topological polar surface area (TPSA) is 70.7 Å². The van der Waals surface area contributed by atoms with Gasteiger partial charge in [-0.05, 0) is 50.7 Å². The second-order valence-electron chi connectivity index (χ2n) is 8.24. The number of hydrogen-bond donors (Lipinski definition) is 1. The lowest BCUT2D eigenvalue weighted by Gasteiger charge is -2.34. The van der Waals surface area contributed by atoms with E-state index in [2.05, 4.69) is 15.0 Å². The monoisotopic (exact) mass is 428 g/mol. The molecule has 2 fully saturated rings. The molecular formula is C22H22ClFN4O2. The van der Waals surface area contributed by atoms with Gasteiger partial charge in [0.15, 0.2) is 11.5 Å². The minimum atomic E-state index is -0.789. The SMILES string of the molecule is Cc1nc2c(F)c(-c3ccc(Cl)cc3)nn2c(N2CCCC(C(=O)O)C2)c1C1CC1. The quantitative estimate of drug-likeness (QED) is 0.653. The highest BCUT2D eigenvalue weighted by Gasteiger charge is 2.36. The molecule has 0 spiro atoms. The van der Waals surface area contributed by atoms with Crippen LogP contribution in [0.5, 0.6) is 0 Å². The summed E-state index contributed by atoms with van der Waals surface area (Å²) >= 11 is 5.98. The molecular weight excluding hydrogens is 407 g/mol. The van der Waals surface area contributed by atoms with Crippen LogP contribution in [-0.4, -0.2) is 38.8 Å². The summed E-state index contributed by atoms with van der Waals surface area (Å²) in [5, 5.41) is 14.7. The van der Waals surface area contributed by atoms with E-state index in [0.29, 0.717) is 29.5 Å². The van der Waals surface area contributed by atoms with Gasteiger partial charge in [-0.2, -0.15) is 9.61 Å². The zero-order chi connectivity index (χ0) is 21.0. The van der Waals surface area contributed by atoms with Gasteiger partial charge in [0.25, 0.3) is 0 Å². The summed E-state index contributed by atoms with van der Waals surface area (Å²) in [5.74, 6) is -0.539. The van der Waals surface area contributed by atoms with E-state index >= 15 is 4.39 Å². The number of benzene rings is 1. The van der Waals surface area contributed by atoms with Gasteiger partial charge in [0.05, 0.1) is 5.92 Å². The first-order valence-electron chi connectivity index (χ1n) is 10.3. The molecule has 0 radical (unpaired) electrons. The van der Waals surface area contributed by atoms with Gasteiger partial charge in [-0.15, -0.1) is 0 Å². The number of carboxylic acid groups (broad SMARTS) is 1. The number of carbonyl (C=O) groups is 1. The summed E-state index contributed by atoms with van der Waals surface area (Å²) in [6.07, 6.45) is 3.55. The molecule has 3 aromatic rings. The van der Waals surface area contributed by atoms with Crippen molar-refractivity contribution in [3.05, 3.63) is 46.4 Å². The maximum Gasteiger partial charge on any atom is 0.308 e. The van der Waals surface area contributed by atoms with Crippen molar-refractivity contribution in [3.63, 3.8) is 0 Å². The van der Waals surface area contributed by atoms with Crippen LogP contribution in [0.4, 0.5) is 10.2 Å². The number of aliphatic carboxylic acids is 1. The fraction of sp³-hybridized carbons (Fsp3) is 0.409. The second-order valence-corrected chi connectivity index (χ2v) is 8.67. The molecule has 1 unspecified atom stereocenters. The van der Waals surface area contributed by atoms with E-state index in [1.54, 1.807) is 28.8 Å². The smallest absolute Gasteiger partial charge is 0.308 e. The molecule has 1 saturated heterocycles. The van der Waals surface area contributed by atoms with E-state index in [-0.39, 0.29) is 11.3 Å². The fourth-order valence-corrected chi connectivity index (χ4v) is 4.57. The van der Waals surface area contributed by atoms with Crippen molar-refractivity contribution >= 4 is 29.0 Å². The minimum Gasteiger partial charge on any atom is -0.481 e. The molecule has 1 saturated carbocycles. The Hall–Kier alpha value is -2.67. The molecule has 3 heterocycles. The Labute approximate surface area is 178 Å². The highest BCUT2D eigenvalue weighted by Crippen LogP contribution is 2.46. The molecule has 8 heteroatoms. The number of hydrogen-bond acceptors (Lipinski definition) is 4. The van der Waals surface area contributed by atoms with Crippen LogP contribution in [0.15, 0.2) is 24.3 Å². The largest absolute Gasteiger partial charge is 0.481 e. The summed E-state index contributed by atoms with van der Waals surface area (Å²) in [7, 11) is 0. The number of halogens is 2. The number of rotatable bonds is 4. The van der Waals surface area contributed by atoms with Gasteiger partial charge in [0.2, 0.25) is 0 Å². The second kappa shape index (κ2) is 7.23. The van der Waals surface area contributed by atoms with E-state index < -0.39 is 17.7 Å². The predicted molar refractivity (Wildman–Crippen MR) is 113 cm³/mol. The Morgan fingerprint density at radius 3 is 2.63 bits per heavy atom. The van der Waals surface area contributed by atoms with Gasteiger partial charge in [0.1, 0.15) is 11.5 Å². The third-order valence-corrected chi connectivity index (χ3v) is 6.34. The molecule has 2 aliphatic rings. The summed E-state index contributed by atoms with van der Waals surface area (Å²) in [6, 6.07) is 6.89. The van der Waals surface area contributed by atoms with Crippen LogP contribution in [0.3, 0.4) is 0 Å². The molecule has 0 bridgehead atoms. The van der Waals surface area contributed by atoms with Crippen LogP contribution in [0.2, 0.25) is 5.02 Å². The predicted octanol–water partition coefficient (Wildman–Crippen LogP) is 4.68. The normalized spacial score (nSPS) is 19.4. The summed E-state index contributed by atoms with van der Waals surface area (Å²) in [4.78, 5) is 18.3. The van der Waals surface area contributed by atoms with E-state index in [9.17, 15) is 9.90 Å². The molecule has 30 heavy (non-hydrogen) atoms. The van der Waals surface area contributed by atoms with Gasteiger partial charge in [-0.1, -0.05) is 23.7 Å². The van der Waals surface area contributed by atoms with Crippen LogP contribution in [0, 0.1) is 18.7 Å². The van der Waals surface area contributed by atoms with Crippen molar-refractivity contribution < 1.29 is 14.3 Å². The van der Waals surface area contributed by atoms with Crippen molar-refractivity contribution in [3.8, 4) is 11.3 Å². The Kier molecular flexibility index (Phi) is 4.65. The molecule has 5 rings (SSSR count). The molecule has 6 nitrogen and oxygen atoms in total. The van der Waals surface area contributed by atoms with Crippen LogP contribution in [0.25, 0.3) is 16.9 Å². The Bertz CT molecular complexity index is 1140. The van der Waals surface area contributed by atoms with Gasteiger partial charge in [0, 0.05) is 34.9 Å². The lowest BCUT2D eigenvalue weighted by molar-refractivity contribution is -0.141. The van der Waals surface area contributed by atoms with Crippen molar-refractivity contribution in [2.24, 2.45) is 5.92 Å². The van der Waals surface area contributed by atoms with Gasteiger partial charge >= 0.3 is 5.97 Å².